The number of hydrogen-bond acceptors (Lipinski definition) is 6. The van der Waals surface area contributed by atoms with Crippen LogP contribution in [-0.2, 0) is 9.53 Å². The van der Waals surface area contributed by atoms with E-state index in [9.17, 15) is 14.4 Å². The summed E-state index contributed by atoms with van der Waals surface area (Å²) >= 11 is 1.08. The number of esters is 1. The van der Waals surface area contributed by atoms with Crippen LogP contribution in [-0.4, -0.2) is 28.5 Å². The molecule has 0 atom stereocenters. The number of aryl methyl sites for hydroxylation is 4. The van der Waals surface area contributed by atoms with E-state index in [-0.39, 0.29) is 10.4 Å². The molecule has 3 rings (SSSR count). The van der Waals surface area contributed by atoms with Crippen molar-refractivity contribution in [3.05, 3.63) is 55.9 Å². The summed E-state index contributed by atoms with van der Waals surface area (Å²) in [5, 5.41) is 3.08. The predicted molar refractivity (Wildman–Crippen MR) is 105 cm³/mol. The van der Waals surface area contributed by atoms with Gasteiger partial charge in [0, 0.05) is 5.69 Å². The third-order valence-corrected chi connectivity index (χ3v) is 5.11. The molecular weight excluding hydrogens is 366 g/mol. The molecule has 1 amide bonds. The van der Waals surface area contributed by atoms with Gasteiger partial charge >= 0.3 is 5.97 Å². The largest absolute Gasteiger partial charge is 0.451 e. The van der Waals surface area contributed by atoms with Crippen LogP contribution >= 0.6 is 11.3 Å². The van der Waals surface area contributed by atoms with E-state index in [0.29, 0.717) is 27.3 Å². The van der Waals surface area contributed by atoms with Crippen molar-refractivity contribution < 1.29 is 14.3 Å². The lowest BCUT2D eigenvalue weighted by molar-refractivity contribution is -0.119. The number of H-pyrrole nitrogens is 1. The summed E-state index contributed by atoms with van der Waals surface area (Å²) < 4.78 is 5.12. The van der Waals surface area contributed by atoms with Gasteiger partial charge in [0.2, 0.25) is 0 Å². The first-order chi connectivity index (χ1) is 12.7. The number of carbonyl (C=O) groups is 2. The van der Waals surface area contributed by atoms with E-state index in [4.69, 9.17) is 4.74 Å². The van der Waals surface area contributed by atoms with Crippen LogP contribution in [0.2, 0.25) is 0 Å². The molecule has 8 heteroatoms. The van der Waals surface area contributed by atoms with Gasteiger partial charge in [0.25, 0.3) is 11.5 Å². The summed E-state index contributed by atoms with van der Waals surface area (Å²) in [5.74, 6) is -0.608. The number of nitrogens with one attached hydrogen (secondary N) is 2. The van der Waals surface area contributed by atoms with Crippen molar-refractivity contribution in [2.24, 2.45) is 0 Å². The first kappa shape index (κ1) is 18.8. The number of hydrogen-bond donors (Lipinski definition) is 2. The predicted octanol–water partition coefficient (Wildman–Crippen LogP) is 3.01. The normalized spacial score (nSPS) is 10.8. The SMILES string of the molecule is Cc1cc(C)cc(NC(=O)COC(=O)c2sc3nc(C)[nH]c(=O)c3c2C)c1. The molecule has 0 bridgehead atoms. The highest BCUT2D eigenvalue weighted by Crippen LogP contribution is 2.27. The zero-order valence-electron chi connectivity index (χ0n) is 15.4. The van der Waals surface area contributed by atoms with Crippen molar-refractivity contribution in [2.75, 3.05) is 11.9 Å². The number of carbonyl (C=O) groups excluding carboxylic acids is 2. The molecule has 2 heterocycles. The minimum Gasteiger partial charge on any atom is -0.451 e. The summed E-state index contributed by atoms with van der Waals surface area (Å²) in [4.78, 5) is 44.1. The summed E-state index contributed by atoms with van der Waals surface area (Å²) in [6, 6.07) is 5.67. The molecule has 0 aliphatic carbocycles. The van der Waals surface area contributed by atoms with E-state index >= 15 is 0 Å². The summed E-state index contributed by atoms with van der Waals surface area (Å²) in [6.45, 7) is 6.79. The average molecular weight is 385 g/mol. The first-order valence-corrected chi connectivity index (χ1v) is 9.11. The molecule has 2 aromatic heterocycles. The van der Waals surface area contributed by atoms with Gasteiger partial charge in [-0.15, -0.1) is 11.3 Å². The molecule has 0 aliphatic rings. The van der Waals surface area contributed by atoms with Gasteiger partial charge in [-0.3, -0.25) is 9.59 Å². The molecule has 3 aromatic rings. The second-order valence-corrected chi connectivity index (χ2v) is 7.39. The highest BCUT2D eigenvalue weighted by molar-refractivity contribution is 7.20. The smallest absolute Gasteiger partial charge is 0.349 e. The molecule has 2 N–H and O–H groups in total. The number of rotatable bonds is 4. The number of benzene rings is 1. The summed E-state index contributed by atoms with van der Waals surface area (Å²) in [5.41, 5.74) is 2.91. The Kier molecular flexibility index (Phi) is 5.09. The van der Waals surface area contributed by atoms with Gasteiger partial charge in [-0.25, -0.2) is 9.78 Å². The zero-order valence-corrected chi connectivity index (χ0v) is 16.2. The third-order valence-electron chi connectivity index (χ3n) is 3.94. The summed E-state index contributed by atoms with van der Waals surface area (Å²) in [7, 11) is 0. The Morgan fingerprint density at radius 2 is 1.81 bits per heavy atom. The summed E-state index contributed by atoms with van der Waals surface area (Å²) in [6.07, 6.45) is 0. The van der Waals surface area contributed by atoms with Crippen molar-refractivity contribution in [1.29, 1.82) is 0 Å². The van der Waals surface area contributed by atoms with E-state index in [2.05, 4.69) is 15.3 Å². The van der Waals surface area contributed by atoms with Gasteiger partial charge in [0.15, 0.2) is 6.61 Å². The van der Waals surface area contributed by atoms with Gasteiger partial charge in [-0.05, 0) is 56.5 Å². The molecule has 27 heavy (non-hydrogen) atoms. The number of amides is 1. The molecule has 0 aliphatic heterocycles. The lowest BCUT2D eigenvalue weighted by Crippen LogP contribution is -2.21. The Labute approximate surface area is 159 Å². The van der Waals surface area contributed by atoms with E-state index in [1.54, 1.807) is 13.8 Å². The van der Waals surface area contributed by atoms with Gasteiger partial charge in [-0.2, -0.15) is 0 Å². The highest BCUT2D eigenvalue weighted by atomic mass is 32.1. The monoisotopic (exact) mass is 385 g/mol. The minimum atomic E-state index is -0.650. The van der Waals surface area contributed by atoms with Gasteiger partial charge in [0.05, 0.1) is 5.39 Å². The second kappa shape index (κ2) is 7.32. The highest BCUT2D eigenvalue weighted by Gasteiger charge is 2.20. The van der Waals surface area contributed by atoms with Crippen LogP contribution in [0, 0.1) is 27.7 Å². The van der Waals surface area contributed by atoms with E-state index in [1.807, 2.05) is 32.0 Å². The van der Waals surface area contributed by atoms with Crippen LogP contribution in [0.5, 0.6) is 0 Å². The van der Waals surface area contributed by atoms with E-state index < -0.39 is 18.5 Å². The van der Waals surface area contributed by atoms with Crippen molar-refractivity contribution in [3.8, 4) is 0 Å². The van der Waals surface area contributed by atoms with Crippen LogP contribution in [0.3, 0.4) is 0 Å². The fourth-order valence-corrected chi connectivity index (χ4v) is 4.01. The molecule has 7 nitrogen and oxygen atoms in total. The lowest BCUT2D eigenvalue weighted by atomic mass is 10.1. The Balaban J connectivity index is 1.71. The van der Waals surface area contributed by atoms with Crippen molar-refractivity contribution in [3.63, 3.8) is 0 Å². The Morgan fingerprint density at radius 3 is 2.48 bits per heavy atom. The van der Waals surface area contributed by atoms with Gasteiger partial charge in [0.1, 0.15) is 15.5 Å². The van der Waals surface area contributed by atoms with Crippen molar-refractivity contribution in [1.82, 2.24) is 9.97 Å². The van der Waals surface area contributed by atoms with Crippen molar-refractivity contribution >= 4 is 39.1 Å². The van der Waals surface area contributed by atoms with Gasteiger partial charge in [-0.1, -0.05) is 6.07 Å². The number of aromatic amines is 1. The quantitative estimate of drug-likeness (QED) is 0.672. The molecule has 140 valence electrons. The zero-order chi connectivity index (χ0) is 19.7. The number of ether oxygens (including phenoxy) is 1. The number of thiophene rings is 1. The van der Waals surface area contributed by atoms with Crippen LogP contribution in [0.4, 0.5) is 5.69 Å². The number of anilines is 1. The van der Waals surface area contributed by atoms with Crippen LogP contribution in [0.25, 0.3) is 10.2 Å². The maximum atomic E-state index is 12.4. The van der Waals surface area contributed by atoms with Crippen molar-refractivity contribution in [2.45, 2.75) is 27.7 Å². The topological polar surface area (TPSA) is 101 Å². The van der Waals surface area contributed by atoms with Gasteiger partial charge < -0.3 is 15.0 Å². The fourth-order valence-electron chi connectivity index (χ4n) is 2.89. The minimum absolute atomic E-state index is 0.271. The molecule has 0 saturated heterocycles. The lowest BCUT2D eigenvalue weighted by Gasteiger charge is -2.08. The van der Waals surface area contributed by atoms with E-state index in [1.165, 1.54) is 0 Å². The molecule has 0 spiro atoms. The number of nitrogens with zero attached hydrogens (tertiary/aromatic N) is 1. The Bertz CT molecular complexity index is 1090. The second-order valence-electron chi connectivity index (χ2n) is 6.39. The molecular formula is C19H19N3O4S. The molecule has 0 fully saturated rings. The number of aromatic nitrogens is 2. The number of fused-ring (bicyclic) bond motifs is 1. The van der Waals surface area contributed by atoms with E-state index in [0.717, 1.165) is 22.5 Å². The van der Waals surface area contributed by atoms with Crippen LogP contribution < -0.4 is 10.9 Å². The molecule has 1 aromatic carbocycles. The maximum Gasteiger partial charge on any atom is 0.349 e. The Hall–Kier alpha value is -3.00. The third kappa shape index (κ3) is 4.06. The molecule has 0 saturated carbocycles. The first-order valence-electron chi connectivity index (χ1n) is 8.30. The standard InChI is InChI=1S/C19H19N3O4S/c1-9-5-10(2)7-13(6-9)22-14(23)8-26-19(25)16-11(3)15-17(24)20-12(4)21-18(15)27-16/h5-7H,8H2,1-4H3,(H,22,23)(H,20,21,24). The average Bonchev–Trinajstić information content (AvgIpc) is 2.88. The maximum absolute atomic E-state index is 12.4. The van der Waals surface area contributed by atoms with Crippen LogP contribution in [0.1, 0.15) is 32.2 Å². The fraction of sp³-hybridized carbons (Fsp3) is 0.263. The molecule has 0 unspecified atom stereocenters. The molecule has 0 radical (unpaired) electrons. The Morgan fingerprint density at radius 1 is 1.15 bits per heavy atom. The van der Waals surface area contributed by atoms with Crippen LogP contribution in [0.15, 0.2) is 23.0 Å².